The third kappa shape index (κ3) is 5.67. The molecule has 4 rings (SSSR count). The number of nitrogens with one attached hydrogen (secondary N) is 3. The molecule has 1 aliphatic rings. The van der Waals surface area contributed by atoms with E-state index in [9.17, 15) is 19.1 Å². The van der Waals surface area contributed by atoms with E-state index in [4.69, 9.17) is 18.9 Å². The van der Waals surface area contributed by atoms with Gasteiger partial charge in [-0.15, -0.1) is 0 Å². The van der Waals surface area contributed by atoms with Gasteiger partial charge in [-0.1, -0.05) is 0 Å². The van der Waals surface area contributed by atoms with Gasteiger partial charge in [0.2, 0.25) is 11.7 Å². The summed E-state index contributed by atoms with van der Waals surface area (Å²) in [5.41, 5.74) is 1.91. The fraction of sp³-hybridized carbons (Fsp3) is 0.292. The van der Waals surface area contributed by atoms with E-state index in [2.05, 4.69) is 31.0 Å². The molecule has 0 saturated carbocycles. The van der Waals surface area contributed by atoms with E-state index in [1.807, 2.05) is 0 Å². The molecule has 2 aromatic heterocycles. The number of pyridine rings is 1. The Hall–Kier alpha value is -4.92. The normalized spacial score (nSPS) is 13.4. The molecule has 1 aromatic carbocycles. The summed E-state index contributed by atoms with van der Waals surface area (Å²) in [6, 6.07) is 6.16. The number of carbonyl (C=O) groups is 2. The molecule has 0 saturated heterocycles. The summed E-state index contributed by atoms with van der Waals surface area (Å²) < 4.78 is 36.5. The van der Waals surface area contributed by atoms with E-state index in [1.54, 1.807) is 19.9 Å². The van der Waals surface area contributed by atoms with Gasteiger partial charge in [0.15, 0.2) is 40.3 Å². The number of methoxy groups -OCH3 is 3. The van der Waals surface area contributed by atoms with Gasteiger partial charge in [0.05, 0.1) is 33.2 Å². The molecule has 14 nitrogen and oxygen atoms in total. The van der Waals surface area contributed by atoms with Gasteiger partial charge >= 0.3 is 5.97 Å². The molecule has 0 radical (unpaired) electrons. The van der Waals surface area contributed by atoms with Crippen molar-refractivity contribution in [3.8, 4) is 23.0 Å². The second-order valence-electron chi connectivity index (χ2n) is 8.55. The van der Waals surface area contributed by atoms with Gasteiger partial charge in [0.25, 0.3) is 5.91 Å². The quantitative estimate of drug-likeness (QED) is 0.276. The highest BCUT2D eigenvalue weighted by Gasteiger charge is 2.36. The number of hydrogen-bond acceptors (Lipinski definition) is 12. The van der Waals surface area contributed by atoms with E-state index < -0.39 is 23.9 Å². The van der Waals surface area contributed by atoms with Crippen molar-refractivity contribution < 1.29 is 38.0 Å². The van der Waals surface area contributed by atoms with Crippen LogP contribution in [0.5, 0.6) is 23.0 Å². The molecule has 39 heavy (non-hydrogen) atoms. The molecule has 0 aliphatic carbocycles. The number of anilines is 5. The summed E-state index contributed by atoms with van der Waals surface area (Å²) in [6.07, 6.45) is 0.907. The Morgan fingerprint density at radius 2 is 1.85 bits per heavy atom. The third-order valence-electron chi connectivity index (χ3n) is 5.48. The zero-order valence-corrected chi connectivity index (χ0v) is 21.7. The predicted octanol–water partition coefficient (Wildman–Crippen LogP) is 2.62. The van der Waals surface area contributed by atoms with Crippen LogP contribution in [0.15, 0.2) is 30.5 Å². The summed E-state index contributed by atoms with van der Waals surface area (Å²) in [4.78, 5) is 36.1. The monoisotopic (exact) mass is 543 g/mol. The first kappa shape index (κ1) is 27.1. The van der Waals surface area contributed by atoms with E-state index in [1.165, 1.54) is 44.5 Å². The topological polar surface area (TPSA) is 169 Å². The zero-order valence-electron chi connectivity index (χ0n) is 21.7. The molecule has 0 atom stereocenters. The number of carbonyl (C=O) groups excluding carboxylic acids is 1. The highest BCUT2D eigenvalue weighted by molar-refractivity contribution is 5.99. The molecule has 0 bridgehead atoms. The standard InChI is InChI=1S/C24H26FN7O7/c1-24(2)22(35)30-21-14(39-24)6-7-17(29-21)28-20-13(25)10-26-23(31-20)32(27-11-18(33)34)12-8-15(36-3)19(38-5)16(9-12)37-4/h6-10,27H,11H2,1-5H3,(H,33,34)(H2,26,28,29,30,31,35). The lowest BCUT2D eigenvalue weighted by Gasteiger charge is -2.30. The highest BCUT2D eigenvalue weighted by Crippen LogP contribution is 2.42. The van der Waals surface area contributed by atoms with Crippen LogP contribution in [-0.4, -0.2) is 65.4 Å². The summed E-state index contributed by atoms with van der Waals surface area (Å²) in [6.45, 7) is 2.71. The Morgan fingerprint density at radius 3 is 2.46 bits per heavy atom. The molecule has 0 spiro atoms. The number of carboxylic acids is 1. The van der Waals surface area contributed by atoms with Crippen LogP contribution in [0.25, 0.3) is 0 Å². The van der Waals surface area contributed by atoms with Crippen molar-refractivity contribution in [1.82, 2.24) is 20.4 Å². The van der Waals surface area contributed by atoms with Crippen LogP contribution in [-0.2, 0) is 9.59 Å². The smallest absolute Gasteiger partial charge is 0.319 e. The Kier molecular flexibility index (Phi) is 7.53. The van der Waals surface area contributed by atoms with Crippen molar-refractivity contribution in [3.63, 3.8) is 0 Å². The number of fused-ring (bicyclic) bond motifs is 1. The third-order valence-corrected chi connectivity index (χ3v) is 5.48. The van der Waals surface area contributed by atoms with Gasteiger partial charge in [-0.25, -0.2) is 24.8 Å². The van der Waals surface area contributed by atoms with Crippen molar-refractivity contribution in [1.29, 1.82) is 0 Å². The van der Waals surface area contributed by atoms with E-state index in [0.717, 1.165) is 6.20 Å². The van der Waals surface area contributed by atoms with Gasteiger partial charge in [-0.2, -0.15) is 4.98 Å². The number of ether oxygens (including phenoxy) is 4. The van der Waals surface area contributed by atoms with Crippen LogP contribution in [0.1, 0.15) is 13.8 Å². The zero-order chi connectivity index (χ0) is 28.3. The molecule has 0 unspecified atom stereocenters. The minimum atomic E-state index is -1.17. The van der Waals surface area contributed by atoms with Crippen molar-refractivity contribution >= 4 is 41.0 Å². The van der Waals surface area contributed by atoms with Crippen LogP contribution in [0, 0.1) is 5.82 Å². The lowest BCUT2D eigenvalue weighted by Crippen LogP contribution is -2.46. The second kappa shape index (κ2) is 10.8. The summed E-state index contributed by atoms with van der Waals surface area (Å²) in [5, 5.41) is 15.9. The van der Waals surface area contributed by atoms with Gasteiger partial charge in [-0.3, -0.25) is 9.59 Å². The lowest BCUT2D eigenvalue weighted by molar-refractivity contribution is -0.136. The van der Waals surface area contributed by atoms with Crippen LogP contribution in [0.2, 0.25) is 0 Å². The number of aliphatic carboxylic acids is 1. The molecular weight excluding hydrogens is 517 g/mol. The average molecular weight is 544 g/mol. The Morgan fingerprint density at radius 1 is 1.15 bits per heavy atom. The molecule has 1 amide bonds. The van der Waals surface area contributed by atoms with Crippen LogP contribution >= 0.6 is 0 Å². The number of halogens is 1. The summed E-state index contributed by atoms with van der Waals surface area (Å²) >= 11 is 0. The molecular formula is C24H26FN7O7. The largest absolute Gasteiger partial charge is 0.493 e. The number of hydrogen-bond donors (Lipinski definition) is 4. The van der Waals surface area contributed by atoms with Gasteiger partial charge in [0.1, 0.15) is 12.4 Å². The Labute approximate surface area is 222 Å². The van der Waals surface area contributed by atoms with Crippen LogP contribution < -0.4 is 40.0 Å². The number of rotatable bonds is 10. The van der Waals surface area contributed by atoms with Crippen molar-refractivity contribution in [2.24, 2.45) is 0 Å². The van der Waals surface area contributed by atoms with E-state index >= 15 is 0 Å². The van der Waals surface area contributed by atoms with Gasteiger partial charge in [0, 0.05) is 12.1 Å². The van der Waals surface area contributed by atoms with Gasteiger partial charge < -0.3 is 34.7 Å². The number of amides is 1. The Balaban J connectivity index is 1.71. The molecule has 206 valence electrons. The van der Waals surface area contributed by atoms with Crippen molar-refractivity contribution in [3.05, 3.63) is 36.3 Å². The molecule has 0 fully saturated rings. The van der Waals surface area contributed by atoms with Crippen molar-refractivity contribution in [2.45, 2.75) is 19.4 Å². The lowest BCUT2D eigenvalue weighted by atomic mass is 10.1. The molecule has 3 heterocycles. The number of hydrazine groups is 1. The molecule has 1 aliphatic heterocycles. The van der Waals surface area contributed by atoms with Crippen LogP contribution in [0.3, 0.4) is 0 Å². The maximum atomic E-state index is 14.8. The minimum absolute atomic E-state index is 0.120. The predicted molar refractivity (Wildman–Crippen MR) is 137 cm³/mol. The summed E-state index contributed by atoms with van der Waals surface area (Å²) in [5.74, 6) is -1.25. The molecule has 4 N–H and O–H groups in total. The summed E-state index contributed by atoms with van der Waals surface area (Å²) in [7, 11) is 4.29. The van der Waals surface area contributed by atoms with Gasteiger partial charge in [-0.05, 0) is 26.0 Å². The maximum Gasteiger partial charge on any atom is 0.319 e. The SMILES string of the molecule is COc1cc(N(NCC(=O)O)c2ncc(F)c(Nc3ccc4c(n3)NC(=O)C(C)(C)O4)n2)cc(OC)c1OC. The fourth-order valence-electron chi connectivity index (χ4n) is 3.56. The minimum Gasteiger partial charge on any atom is -0.493 e. The van der Waals surface area contributed by atoms with Crippen LogP contribution in [0.4, 0.5) is 33.5 Å². The number of nitrogens with zero attached hydrogens (tertiary/aromatic N) is 4. The fourth-order valence-corrected chi connectivity index (χ4v) is 3.56. The first-order valence-electron chi connectivity index (χ1n) is 11.4. The number of carboxylic acid groups (broad SMARTS) is 1. The van der Waals surface area contributed by atoms with E-state index in [0.29, 0.717) is 17.2 Å². The first-order chi connectivity index (χ1) is 18.6. The van der Waals surface area contributed by atoms with Crippen molar-refractivity contribution in [2.75, 3.05) is 43.5 Å². The Bertz CT molecular complexity index is 1390. The second-order valence-corrected chi connectivity index (χ2v) is 8.55. The maximum absolute atomic E-state index is 14.8. The average Bonchev–Trinajstić information content (AvgIpc) is 2.90. The first-order valence-corrected chi connectivity index (χ1v) is 11.4. The number of benzene rings is 1. The number of aromatic nitrogens is 3. The molecule has 15 heteroatoms. The highest BCUT2D eigenvalue weighted by atomic mass is 19.1. The molecule has 3 aromatic rings. The van der Waals surface area contributed by atoms with E-state index in [-0.39, 0.29) is 40.8 Å².